The number of benzene rings is 1. The molecule has 0 unspecified atom stereocenters. The Morgan fingerprint density at radius 3 is 2.62 bits per heavy atom. The summed E-state index contributed by atoms with van der Waals surface area (Å²) in [5, 5.41) is 15.0. The topological polar surface area (TPSA) is 98.3 Å². The lowest BCUT2D eigenvalue weighted by atomic mass is 10.1. The molecule has 1 aliphatic rings. The molecule has 0 N–H and O–H groups in total. The Balaban J connectivity index is 1.95. The van der Waals surface area contributed by atoms with Crippen LogP contribution in [0.5, 0.6) is 0 Å². The molecule has 128 valence electrons. The first kappa shape index (κ1) is 16.6. The number of aromatic nitrogens is 2. The summed E-state index contributed by atoms with van der Waals surface area (Å²) in [6.07, 6.45) is 3.18. The van der Waals surface area contributed by atoms with Gasteiger partial charge in [-0.15, -0.1) is 0 Å². The van der Waals surface area contributed by atoms with Crippen molar-refractivity contribution < 1.29 is 13.3 Å². The van der Waals surface area contributed by atoms with E-state index in [2.05, 4.69) is 5.10 Å². The second-order valence-electron chi connectivity index (χ2n) is 5.60. The van der Waals surface area contributed by atoms with E-state index < -0.39 is 14.9 Å². The third-order valence-electron chi connectivity index (χ3n) is 4.25. The zero-order valence-corrected chi connectivity index (χ0v) is 14.0. The predicted octanol–water partition coefficient (Wildman–Crippen LogP) is 2.34. The van der Waals surface area contributed by atoms with Crippen molar-refractivity contribution in [3.8, 4) is 0 Å². The normalized spacial score (nSPS) is 18.8. The van der Waals surface area contributed by atoms with E-state index in [4.69, 9.17) is 0 Å². The van der Waals surface area contributed by atoms with E-state index in [0.29, 0.717) is 13.1 Å². The van der Waals surface area contributed by atoms with Crippen LogP contribution in [0.15, 0.2) is 41.4 Å². The first-order valence-corrected chi connectivity index (χ1v) is 9.17. The molecule has 1 aromatic heterocycles. The summed E-state index contributed by atoms with van der Waals surface area (Å²) >= 11 is 0. The average Bonchev–Trinajstić information content (AvgIpc) is 3.23. The standard InChI is InChI=1S/C15H18N4O4S/c1-2-17-14(9-10-16-17)15-4-3-11-18(15)24(22,23)13-7-5-12(6-8-13)19(20)21/h5-10,15H,2-4,11H2,1H3/t15-/m0/s1. The summed E-state index contributed by atoms with van der Waals surface area (Å²) in [6.45, 7) is 3.06. The highest BCUT2D eigenvalue weighted by Crippen LogP contribution is 2.36. The fourth-order valence-corrected chi connectivity index (χ4v) is 4.76. The third kappa shape index (κ3) is 2.80. The molecule has 3 rings (SSSR count). The van der Waals surface area contributed by atoms with Crippen molar-refractivity contribution in [3.63, 3.8) is 0 Å². The molecule has 2 aromatic rings. The van der Waals surface area contributed by atoms with Crippen LogP contribution in [0.1, 0.15) is 31.5 Å². The predicted molar refractivity (Wildman–Crippen MR) is 86.9 cm³/mol. The van der Waals surface area contributed by atoms with Gasteiger partial charge in [-0.3, -0.25) is 14.8 Å². The first-order valence-electron chi connectivity index (χ1n) is 7.73. The second kappa shape index (κ2) is 6.33. The van der Waals surface area contributed by atoms with Gasteiger partial charge in [0.05, 0.1) is 21.6 Å². The minimum absolute atomic E-state index is 0.0718. The second-order valence-corrected chi connectivity index (χ2v) is 7.49. The number of nitro groups is 1. The number of nitro benzene ring substituents is 1. The molecule has 0 aliphatic carbocycles. The van der Waals surface area contributed by atoms with Gasteiger partial charge in [0.25, 0.3) is 5.69 Å². The number of aryl methyl sites for hydroxylation is 1. The third-order valence-corrected chi connectivity index (χ3v) is 6.17. The van der Waals surface area contributed by atoms with Crippen LogP contribution in [0.4, 0.5) is 5.69 Å². The smallest absolute Gasteiger partial charge is 0.268 e. The van der Waals surface area contributed by atoms with Crippen LogP contribution in [0.25, 0.3) is 0 Å². The Morgan fingerprint density at radius 1 is 1.29 bits per heavy atom. The Bertz CT molecular complexity index is 845. The fourth-order valence-electron chi connectivity index (χ4n) is 3.09. The maximum Gasteiger partial charge on any atom is 0.269 e. The highest BCUT2D eigenvalue weighted by Gasteiger charge is 2.37. The van der Waals surface area contributed by atoms with E-state index in [-0.39, 0.29) is 16.6 Å². The van der Waals surface area contributed by atoms with Gasteiger partial charge < -0.3 is 0 Å². The summed E-state index contributed by atoms with van der Waals surface area (Å²) in [5.74, 6) is 0. The molecule has 1 saturated heterocycles. The Hall–Kier alpha value is -2.26. The number of sulfonamides is 1. The lowest BCUT2D eigenvalue weighted by molar-refractivity contribution is -0.384. The maximum absolute atomic E-state index is 12.9. The van der Waals surface area contributed by atoms with Crippen molar-refractivity contribution in [1.29, 1.82) is 0 Å². The average molecular weight is 350 g/mol. The lowest BCUT2D eigenvalue weighted by Crippen LogP contribution is -2.31. The molecule has 1 aromatic carbocycles. The van der Waals surface area contributed by atoms with Gasteiger partial charge in [-0.05, 0) is 38.0 Å². The first-order chi connectivity index (χ1) is 11.4. The van der Waals surface area contributed by atoms with Gasteiger partial charge in [0, 0.05) is 31.4 Å². The van der Waals surface area contributed by atoms with Crippen molar-refractivity contribution >= 4 is 15.7 Å². The van der Waals surface area contributed by atoms with Crippen molar-refractivity contribution in [3.05, 3.63) is 52.3 Å². The quantitative estimate of drug-likeness (QED) is 0.609. The van der Waals surface area contributed by atoms with Gasteiger partial charge in [-0.1, -0.05) is 0 Å². The Kier molecular flexibility index (Phi) is 4.37. The molecule has 0 radical (unpaired) electrons. The molecule has 8 nitrogen and oxygen atoms in total. The minimum atomic E-state index is -3.71. The Labute approximate surface area is 139 Å². The van der Waals surface area contributed by atoms with Crippen LogP contribution in [0, 0.1) is 10.1 Å². The molecule has 0 spiro atoms. The molecular formula is C15H18N4O4S. The molecule has 0 bridgehead atoms. The van der Waals surface area contributed by atoms with Crippen molar-refractivity contribution in [2.45, 2.75) is 37.2 Å². The van der Waals surface area contributed by atoms with E-state index in [9.17, 15) is 18.5 Å². The van der Waals surface area contributed by atoms with Gasteiger partial charge >= 0.3 is 0 Å². The van der Waals surface area contributed by atoms with Gasteiger partial charge in [-0.25, -0.2) is 8.42 Å². The molecule has 9 heteroatoms. The van der Waals surface area contributed by atoms with E-state index in [1.807, 2.05) is 13.0 Å². The monoisotopic (exact) mass is 350 g/mol. The fraction of sp³-hybridized carbons (Fsp3) is 0.400. The van der Waals surface area contributed by atoms with Crippen molar-refractivity contribution in [1.82, 2.24) is 14.1 Å². The summed E-state index contributed by atoms with van der Waals surface area (Å²) in [6, 6.07) is 6.60. The van der Waals surface area contributed by atoms with Crippen LogP contribution >= 0.6 is 0 Å². The summed E-state index contributed by atoms with van der Waals surface area (Å²) in [4.78, 5) is 10.3. The van der Waals surface area contributed by atoms with E-state index in [1.54, 1.807) is 10.9 Å². The Morgan fingerprint density at radius 2 is 2.00 bits per heavy atom. The zero-order chi connectivity index (χ0) is 17.3. The van der Waals surface area contributed by atoms with Crippen LogP contribution in [-0.2, 0) is 16.6 Å². The number of non-ortho nitro benzene ring substituents is 1. The summed E-state index contributed by atoms with van der Waals surface area (Å²) in [5.41, 5.74) is 0.747. The molecule has 2 heterocycles. The summed E-state index contributed by atoms with van der Waals surface area (Å²) < 4.78 is 29.2. The van der Waals surface area contributed by atoms with Gasteiger partial charge in [-0.2, -0.15) is 9.40 Å². The van der Waals surface area contributed by atoms with Crippen molar-refractivity contribution in [2.24, 2.45) is 0 Å². The van der Waals surface area contributed by atoms with Crippen molar-refractivity contribution in [2.75, 3.05) is 6.54 Å². The maximum atomic E-state index is 12.9. The number of hydrogen-bond donors (Lipinski definition) is 0. The van der Waals surface area contributed by atoms with E-state index in [0.717, 1.165) is 18.5 Å². The van der Waals surface area contributed by atoms with Crippen LogP contribution < -0.4 is 0 Å². The molecular weight excluding hydrogens is 332 g/mol. The number of rotatable bonds is 5. The number of nitrogens with zero attached hydrogens (tertiary/aromatic N) is 4. The molecule has 0 amide bonds. The lowest BCUT2D eigenvalue weighted by Gasteiger charge is -2.24. The molecule has 0 saturated carbocycles. The van der Waals surface area contributed by atoms with Crippen LogP contribution in [0.3, 0.4) is 0 Å². The molecule has 1 fully saturated rings. The SMILES string of the molecule is CCn1nccc1[C@@H]1CCCN1S(=O)(=O)c1ccc([N+](=O)[O-])cc1. The zero-order valence-electron chi connectivity index (χ0n) is 13.2. The van der Waals surface area contributed by atoms with Gasteiger partial charge in [0.1, 0.15) is 0 Å². The molecule has 1 atom stereocenters. The van der Waals surface area contributed by atoms with E-state index in [1.165, 1.54) is 28.6 Å². The summed E-state index contributed by atoms with van der Waals surface area (Å²) in [7, 11) is -3.71. The van der Waals surface area contributed by atoms with E-state index >= 15 is 0 Å². The largest absolute Gasteiger partial charge is 0.269 e. The minimum Gasteiger partial charge on any atom is -0.268 e. The highest BCUT2D eigenvalue weighted by molar-refractivity contribution is 7.89. The van der Waals surface area contributed by atoms with Gasteiger partial charge in [0.2, 0.25) is 10.0 Å². The number of hydrogen-bond acceptors (Lipinski definition) is 5. The highest BCUT2D eigenvalue weighted by atomic mass is 32.2. The van der Waals surface area contributed by atoms with Crippen LogP contribution in [0.2, 0.25) is 0 Å². The molecule has 1 aliphatic heterocycles. The van der Waals surface area contributed by atoms with Crippen LogP contribution in [-0.4, -0.2) is 34.0 Å². The molecule has 24 heavy (non-hydrogen) atoms. The van der Waals surface area contributed by atoms with Gasteiger partial charge in [0.15, 0.2) is 0 Å².